The Labute approximate surface area is 155 Å². The molecular formula is C21H26ClN3. The van der Waals surface area contributed by atoms with E-state index in [4.69, 9.17) is 11.6 Å². The minimum atomic E-state index is 0.760. The monoisotopic (exact) mass is 355 g/mol. The third kappa shape index (κ3) is 4.16. The van der Waals surface area contributed by atoms with Crippen molar-refractivity contribution < 1.29 is 0 Å². The van der Waals surface area contributed by atoms with E-state index >= 15 is 0 Å². The van der Waals surface area contributed by atoms with Gasteiger partial charge in [-0.3, -0.25) is 0 Å². The van der Waals surface area contributed by atoms with E-state index in [9.17, 15) is 0 Å². The van der Waals surface area contributed by atoms with Gasteiger partial charge in [-0.1, -0.05) is 37.6 Å². The molecule has 4 heteroatoms. The number of hydrogen-bond acceptors (Lipinski definition) is 2. The zero-order valence-corrected chi connectivity index (χ0v) is 15.8. The number of aromatic amines is 1. The van der Waals surface area contributed by atoms with Gasteiger partial charge >= 0.3 is 0 Å². The maximum Gasteiger partial charge on any atom is 0.139 e. The molecule has 1 aliphatic heterocycles. The molecule has 4 rings (SSSR count). The Morgan fingerprint density at radius 1 is 1.08 bits per heavy atom. The van der Waals surface area contributed by atoms with Crippen molar-refractivity contribution in [1.29, 1.82) is 0 Å². The van der Waals surface area contributed by atoms with Gasteiger partial charge in [-0.2, -0.15) is 0 Å². The molecule has 3 heterocycles. The lowest BCUT2D eigenvalue weighted by Gasteiger charge is -2.34. The van der Waals surface area contributed by atoms with E-state index in [2.05, 4.69) is 39.1 Å². The molecule has 0 atom stereocenters. The molecule has 0 aliphatic carbocycles. The fourth-order valence-corrected chi connectivity index (χ4v) is 3.68. The Kier molecular flexibility index (Phi) is 5.98. The maximum atomic E-state index is 5.97. The number of halogens is 1. The summed E-state index contributed by atoms with van der Waals surface area (Å²) < 4.78 is 0. The standard InChI is InChI=1S/C19H20ClN3.C2H6/c20-16-3-1-14(2-4-16)13-15-7-11-23(12-8-15)18-6-10-22-19-17(18)5-9-21-19;1-2/h1-6,9-10,15H,7-8,11-13H2,(H,21,22);1-2H3. The molecule has 3 aromatic rings. The average molecular weight is 356 g/mol. The van der Waals surface area contributed by atoms with Crippen LogP contribution in [0.15, 0.2) is 48.8 Å². The van der Waals surface area contributed by atoms with Crippen LogP contribution < -0.4 is 4.90 Å². The first-order chi connectivity index (χ1) is 12.3. The Balaban J connectivity index is 0.000000880. The van der Waals surface area contributed by atoms with E-state index < -0.39 is 0 Å². The number of nitrogens with zero attached hydrogens (tertiary/aromatic N) is 2. The molecule has 0 amide bonds. The highest BCUT2D eigenvalue weighted by Gasteiger charge is 2.21. The normalized spacial score (nSPS) is 15.1. The molecule has 1 fully saturated rings. The number of H-pyrrole nitrogens is 1. The Hall–Kier alpha value is -2.00. The predicted octanol–water partition coefficient (Wildman–Crippen LogP) is 5.70. The maximum absolute atomic E-state index is 5.97. The van der Waals surface area contributed by atoms with Gasteiger partial charge in [-0.25, -0.2) is 4.98 Å². The molecule has 0 radical (unpaired) electrons. The predicted molar refractivity (Wildman–Crippen MR) is 108 cm³/mol. The van der Waals surface area contributed by atoms with E-state index in [1.54, 1.807) is 0 Å². The van der Waals surface area contributed by atoms with E-state index in [1.807, 2.05) is 38.4 Å². The molecule has 0 saturated carbocycles. The van der Waals surface area contributed by atoms with Crippen LogP contribution in [0.1, 0.15) is 32.3 Å². The first-order valence-corrected chi connectivity index (χ1v) is 9.59. The molecule has 1 N–H and O–H groups in total. The minimum absolute atomic E-state index is 0.760. The number of fused-ring (bicyclic) bond motifs is 1. The van der Waals surface area contributed by atoms with Crippen LogP contribution in [0.5, 0.6) is 0 Å². The lowest BCUT2D eigenvalue weighted by atomic mass is 9.90. The minimum Gasteiger partial charge on any atom is -0.371 e. The second-order valence-electron chi connectivity index (χ2n) is 6.33. The summed E-state index contributed by atoms with van der Waals surface area (Å²) in [5.74, 6) is 0.760. The van der Waals surface area contributed by atoms with Crippen LogP contribution in [0.25, 0.3) is 11.0 Å². The molecule has 1 aliphatic rings. The molecule has 0 bridgehead atoms. The fraction of sp³-hybridized carbons (Fsp3) is 0.381. The molecule has 1 aromatic carbocycles. The summed E-state index contributed by atoms with van der Waals surface area (Å²) in [6.45, 7) is 6.23. The summed E-state index contributed by atoms with van der Waals surface area (Å²) in [5, 5.41) is 2.04. The van der Waals surface area contributed by atoms with Crippen molar-refractivity contribution >= 4 is 28.3 Å². The summed E-state index contributed by atoms with van der Waals surface area (Å²) in [6, 6.07) is 12.5. The van der Waals surface area contributed by atoms with E-state index in [-0.39, 0.29) is 0 Å². The lowest BCUT2D eigenvalue weighted by molar-refractivity contribution is 0.404. The van der Waals surface area contributed by atoms with Crippen LogP contribution in [0.4, 0.5) is 5.69 Å². The van der Waals surface area contributed by atoms with Crippen LogP contribution in [-0.4, -0.2) is 23.1 Å². The van der Waals surface area contributed by atoms with Crippen molar-refractivity contribution in [1.82, 2.24) is 9.97 Å². The van der Waals surface area contributed by atoms with Crippen LogP contribution in [-0.2, 0) is 6.42 Å². The summed E-state index contributed by atoms with van der Waals surface area (Å²) in [5.41, 5.74) is 3.68. The largest absolute Gasteiger partial charge is 0.371 e. The third-order valence-electron chi connectivity index (χ3n) is 4.83. The summed E-state index contributed by atoms with van der Waals surface area (Å²) in [6.07, 6.45) is 7.48. The number of piperidine rings is 1. The second-order valence-corrected chi connectivity index (χ2v) is 6.77. The van der Waals surface area contributed by atoms with Gasteiger partial charge in [-0.15, -0.1) is 0 Å². The highest BCUT2D eigenvalue weighted by atomic mass is 35.5. The van der Waals surface area contributed by atoms with Crippen molar-refractivity contribution in [2.24, 2.45) is 5.92 Å². The first-order valence-electron chi connectivity index (χ1n) is 9.21. The van der Waals surface area contributed by atoms with Crippen LogP contribution in [0.2, 0.25) is 5.02 Å². The zero-order valence-electron chi connectivity index (χ0n) is 15.0. The highest BCUT2D eigenvalue weighted by molar-refractivity contribution is 6.30. The van der Waals surface area contributed by atoms with Gasteiger partial charge in [0, 0.05) is 41.6 Å². The van der Waals surface area contributed by atoms with Gasteiger partial charge in [-0.05, 0) is 55.0 Å². The SMILES string of the molecule is CC.Clc1ccc(CC2CCN(c3ccnc4[nH]ccc34)CC2)cc1. The van der Waals surface area contributed by atoms with Gasteiger partial charge in [0.15, 0.2) is 0 Å². The molecular weight excluding hydrogens is 330 g/mol. The molecule has 25 heavy (non-hydrogen) atoms. The van der Waals surface area contributed by atoms with Crippen LogP contribution in [0.3, 0.4) is 0 Å². The fourth-order valence-electron chi connectivity index (χ4n) is 3.55. The van der Waals surface area contributed by atoms with Gasteiger partial charge in [0.25, 0.3) is 0 Å². The Morgan fingerprint density at radius 2 is 1.80 bits per heavy atom. The first kappa shape index (κ1) is 17.8. The van der Waals surface area contributed by atoms with Crippen LogP contribution >= 0.6 is 11.6 Å². The van der Waals surface area contributed by atoms with E-state index in [1.165, 1.54) is 29.5 Å². The van der Waals surface area contributed by atoms with Crippen LogP contribution in [0, 0.1) is 5.92 Å². The number of hydrogen-bond donors (Lipinski definition) is 1. The Morgan fingerprint density at radius 3 is 2.52 bits per heavy atom. The molecule has 2 aromatic heterocycles. The number of anilines is 1. The van der Waals surface area contributed by atoms with E-state index in [0.717, 1.165) is 36.1 Å². The average Bonchev–Trinajstić information content (AvgIpc) is 3.15. The number of nitrogens with one attached hydrogen (secondary N) is 1. The van der Waals surface area contributed by atoms with Gasteiger partial charge in [0.1, 0.15) is 5.65 Å². The zero-order chi connectivity index (χ0) is 17.6. The summed E-state index contributed by atoms with van der Waals surface area (Å²) in [4.78, 5) is 10.1. The molecule has 0 unspecified atom stereocenters. The van der Waals surface area contributed by atoms with Crippen molar-refractivity contribution in [2.45, 2.75) is 33.1 Å². The highest BCUT2D eigenvalue weighted by Crippen LogP contribution is 2.30. The van der Waals surface area contributed by atoms with Gasteiger partial charge in [0.2, 0.25) is 0 Å². The smallest absolute Gasteiger partial charge is 0.139 e. The van der Waals surface area contributed by atoms with E-state index in [0.29, 0.717) is 0 Å². The Bertz CT molecular complexity index is 786. The quantitative estimate of drug-likeness (QED) is 0.653. The molecule has 0 spiro atoms. The number of aromatic nitrogens is 2. The molecule has 132 valence electrons. The van der Waals surface area contributed by atoms with Crippen molar-refractivity contribution in [3.63, 3.8) is 0 Å². The number of pyridine rings is 1. The number of benzene rings is 1. The summed E-state index contributed by atoms with van der Waals surface area (Å²) in [7, 11) is 0. The molecule has 1 saturated heterocycles. The van der Waals surface area contributed by atoms with Crippen molar-refractivity contribution in [3.05, 3.63) is 59.4 Å². The van der Waals surface area contributed by atoms with Crippen molar-refractivity contribution in [3.8, 4) is 0 Å². The second kappa shape index (κ2) is 8.39. The molecule has 3 nitrogen and oxygen atoms in total. The lowest BCUT2D eigenvalue weighted by Crippen LogP contribution is -2.34. The van der Waals surface area contributed by atoms with Crippen molar-refractivity contribution in [2.75, 3.05) is 18.0 Å². The topological polar surface area (TPSA) is 31.9 Å². The number of rotatable bonds is 3. The van der Waals surface area contributed by atoms with Gasteiger partial charge in [0.05, 0.1) is 0 Å². The van der Waals surface area contributed by atoms with Gasteiger partial charge < -0.3 is 9.88 Å². The third-order valence-corrected chi connectivity index (χ3v) is 5.08. The summed E-state index contributed by atoms with van der Waals surface area (Å²) >= 11 is 5.97.